The van der Waals surface area contributed by atoms with E-state index in [9.17, 15) is 30.4 Å². The third-order valence-corrected chi connectivity index (χ3v) is 13.7. The largest absolute Gasteiger partial charge is 0.497 e. The first-order chi connectivity index (χ1) is 18.2. The molecule has 1 aliphatic heterocycles. The lowest BCUT2D eigenvalue weighted by molar-refractivity contribution is 0.125. The Balaban J connectivity index is 1.75. The minimum Gasteiger partial charge on any atom is -0.497 e. The van der Waals surface area contributed by atoms with Crippen molar-refractivity contribution < 1.29 is 35.1 Å². The maximum absolute atomic E-state index is 13.6. The second kappa shape index (κ2) is 13.6. The first-order valence-electron chi connectivity index (χ1n) is 13.8. The highest BCUT2D eigenvalue weighted by molar-refractivity contribution is 7.94. The molecule has 0 bridgehead atoms. The normalized spacial score (nSPS) is 21.6. The molecule has 39 heavy (non-hydrogen) atoms. The van der Waals surface area contributed by atoms with Gasteiger partial charge in [0.2, 0.25) is 20.0 Å². The Morgan fingerprint density at radius 3 is 2.18 bits per heavy atom. The van der Waals surface area contributed by atoms with Gasteiger partial charge in [-0.25, -0.2) is 29.6 Å². The Morgan fingerprint density at radius 2 is 1.62 bits per heavy atom. The molecule has 1 heterocycles. The van der Waals surface area contributed by atoms with Gasteiger partial charge < -0.3 is 9.84 Å². The quantitative estimate of drug-likeness (QED) is 0.340. The van der Waals surface area contributed by atoms with Crippen molar-refractivity contribution in [3.05, 3.63) is 24.3 Å². The van der Waals surface area contributed by atoms with Crippen LogP contribution in [0.25, 0.3) is 0 Å². The van der Waals surface area contributed by atoms with Crippen LogP contribution in [0.1, 0.15) is 58.8 Å². The van der Waals surface area contributed by atoms with Crippen molar-refractivity contribution in [2.45, 2.75) is 75.0 Å². The van der Waals surface area contributed by atoms with Gasteiger partial charge in [0, 0.05) is 26.2 Å². The maximum atomic E-state index is 13.6. The molecule has 2 fully saturated rings. The van der Waals surface area contributed by atoms with Gasteiger partial charge >= 0.3 is 0 Å². The van der Waals surface area contributed by atoms with Gasteiger partial charge in [0.15, 0.2) is 9.84 Å². The number of sulfonamides is 2. The molecule has 0 aromatic heterocycles. The molecule has 1 saturated carbocycles. The smallest absolute Gasteiger partial charge is 0.243 e. The Morgan fingerprint density at radius 1 is 0.974 bits per heavy atom. The summed E-state index contributed by atoms with van der Waals surface area (Å²) >= 11 is 0. The monoisotopic (exact) mass is 608 g/mol. The number of sulfone groups is 1. The summed E-state index contributed by atoms with van der Waals surface area (Å²) < 4.78 is 86.2. The number of nitrogens with zero attached hydrogens (tertiary/aromatic N) is 2. The Hall–Kier alpha value is -1.25. The molecule has 1 saturated heterocycles. The van der Waals surface area contributed by atoms with Crippen LogP contribution in [-0.4, -0.2) is 95.1 Å². The second-order valence-electron chi connectivity index (χ2n) is 11.3. The van der Waals surface area contributed by atoms with Crippen molar-refractivity contribution in [2.75, 3.05) is 44.8 Å². The highest BCUT2D eigenvalue weighted by Gasteiger charge is 2.39. The topological polar surface area (TPSA) is 138 Å². The summed E-state index contributed by atoms with van der Waals surface area (Å²) in [5.41, 5.74) is 0. The van der Waals surface area contributed by atoms with E-state index in [1.165, 1.54) is 27.9 Å². The van der Waals surface area contributed by atoms with E-state index in [1.54, 1.807) is 12.1 Å². The van der Waals surface area contributed by atoms with Crippen molar-refractivity contribution in [3.63, 3.8) is 0 Å². The minimum atomic E-state index is -3.91. The summed E-state index contributed by atoms with van der Waals surface area (Å²) in [6.07, 6.45) is 3.46. The van der Waals surface area contributed by atoms with E-state index < -0.39 is 41.2 Å². The summed E-state index contributed by atoms with van der Waals surface area (Å²) in [6, 6.07) is 6.05. The summed E-state index contributed by atoms with van der Waals surface area (Å²) in [6.45, 7) is 4.09. The maximum Gasteiger partial charge on any atom is 0.243 e. The van der Waals surface area contributed by atoms with Crippen LogP contribution in [0, 0.1) is 11.8 Å². The number of ether oxygens (including phenoxy) is 1. The minimum absolute atomic E-state index is 0.00211. The Bertz CT molecular complexity index is 1240. The number of aliphatic hydroxyl groups is 1. The third-order valence-electron chi connectivity index (χ3n) is 7.53. The standard InChI is InChI=1S/C26H44N2O8S3/c1-21(2)17-28(38(32,33)25-12-10-24(36-3)11-13-25)19-23(29)14-15-27(18-22-7-4-5-8-22)39(34,35)26-9-6-16-37(30,31)20-26/h10-13,21-23,26,29H,4-9,14-20H2,1-3H3/t23-,26?/m0/s1. The molecule has 0 radical (unpaired) electrons. The van der Waals surface area contributed by atoms with Crippen LogP contribution < -0.4 is 4.74 Å². The molecular weight excluding hydrogens is 564 g/mol. The zero-order valence-corrected chi connectivity index (χ0v) is 25.7. The SMILES string of the molecule is COc1ccc(S(=O)(=O)N(CC(C)C)C[C@@H](O)CCN(CC2CCCC2)S(=O)(=O)C2CCCS(=O)(=O)C2)cc1. The average molecular weight is 609 g/mol. The Labute approximate surface area is 234 Å². The van der Waals surface area contributed by atoms with Crippen molar-refractivity contribution in [2.24, 2.45) is 11.8 Å². The zero-order chi connectivity index (χ0) is 28.8. The molecular formula is C26H44N2O8S3. The Kier molecular flexibility index (Phi) is 11.3. The van der Waals surface area contributed by atoms with E-state index in [2.05, 4.69) is 0 Å². The van der Waals surface area contributed by atoms with Gasteiger partial charge in [0.05, 0.1) is 34.9 Å². The van der Waals surface area contributed by atoms with E-state index in [-0.39, 0.29) is 54.3 Å². The van der Waals surface area contributed by atoms with Crippen LogP contribution in [0.15, 0.2) is 29.2 Å². The van der Waals surface area contributed by atoms with E-state index in [1.807, 2.05) is 13.8 Å². The first-order valence-corrected chi connectivity index (χ1v) is 18.5. The molecule has 10 nitrogen and oxygen atoms in total. The fraction of sp³-hybridized carbons (Fsp3) is 0.769. The van der Waals surface area contributed by atoms with Crippen LogP contribution in [0.2, 0.25) is 0 Å². The first kappa shape index (κ1) is 32.3. The number of benzene rings is 1. The van der Waals surface area contributed by atoms with Gasteiger partial charge in [-0.1, -0.05) is 26.7 Å². The second-order valence-corrected chi connectivity index (χ2v) is 17.6. The molecule has 1 aromatic rings. The van der Waals surface area contributed by atoms with Crippen molar-refractivity contribution >= 4 is 29.9 Å². The van der Waals surface area contributed by atoms with Gasteiger partial charge in [-0.15, -0.1) is 0 Å². The van der Waals surface area contributed by atoms with Crippen molar-refractivity contribution in [1.29, 1.82) is 0 Å². The highest BCUT2D eigenvalue weighted by atomic mass is 32.2. The predicted octanol–water partition coefficient (Wildman–Crippen LogP) is 2.49. The predicted molar refractivity (Wildman–Crippen MR) is 151 cm³/mol. The van der Waals surface area contributed by atoms with Crippen molar-refractivity contribution in [1.82, 2.24) is 8.61 Å². The molecule has 1 aliphatic carbocycles. The molecule has 13 heteroatoms. The number of hydrogen-bond donors (Lipinski definition) is 1. The van der Waals surface area contributed by atoms with Crippen LogP contribution >= 0.6 is 0 Å². The van der Waals surface area contributed by atoms with E-state index >= 15 is 0 Å². The summed E-state index contributed by atoms with van der Waals surface area (Å²) in [7, 11) is -9.74. The van der Waals surface area contributed by atoms with Crippen molar-refractivity contribution in [3.8, 4) is 5.75 Å². The van der Waals surface area contributed by atoms with Gasteiger partial charge in [-0.2, -0.15) is 4.31 Å². The lowest BCUT2D eigenvalue weighted by Crippen LogP contribution is -2.47. The zero-order valence-electron chi connectivity index (χ0n) is 23.2. The van der Waals surface area contributed by atoms with E-state index in [0.29, 0.717) is 25.1 Å². The summed E-state index contributed by atoms with van der Waals surface area (Å²) in [5, 5.41) is 9.97. The molecule has 2 atom stereocenters. The molecule has 1 N–H and O–H groups in total. The van der Waals surface area contributed by atoms with Gasteiger partial charge in [0.1, 0.15) is 5.75 Å². The number of methoxy groups -OCH3 is 1. The lowest BCUT2D eigenvalue weighted by Gasteiger charge is -2.32. The fourth-order valence-electron chi connectivity index (χ4n) is 5.42. The molecule has 1 unspecified atom stereocenters. The van der Waals surface area contributed by atoms with Gasteiger partial charge in [0.25, 0.3) is 0 Å². The van der Waals surface area contributed by atoms with E-state index in [4.69, 9.17) is 4.74 Å². The average Bonchev–Trinajstić information content (AvgIpc) is 3.38. The number of aliphatic hydroxyl groups excluding tert-OH is 1. The third kappa shape index (κ3) is 8.87. The summed E-state index contributed by atoms with van der Waals surface area (Å²) in [5.74, 6) is 0.359. The van der Waals surface area contributed by atoms with Crippen LogP contribution in [0.4, 0.5) is 0 Å². The van der Waals surface area contributed by atoms with E-state index in [0.717, 1.165) is 25.7 Å². The number of rotatable bonds is 14. The molecule has 0 amide bonds. The van der Waals surface area contributed by atoms with Crippen LogP contribution in [-0.2, 0) is 29.9 Å². The lowest BCUT2D eigenvalue weighted by atomic mass is 10.1. The molecule has 1 aromatic carbocycles. The van der Waals surface area contributed by atoms with Gasteiger partial charge in [-0.3, -0.25) is 0 Å². The fourth-order valence-corrected chi connectivity index (χ4v) is 11.5. The molecule has 2 aliphatic rings. The molecule has 224 valence electrons. The van der Waals surface area contributed by atoms with Gasteiger partial charge in [-0.05, 0) is 68.2 Å². The molecule has 0 spiro atoms. The van der Waals surface area contributed by atoms with Crippen LogP contribution in [0.5, 0.6) is 5.75 Å². The molecule has 3 rings (SSSR count). The number of hydrogen-bond acceptors (Lipinski definition) is 8. The summed E-state index contributed by atoms with van der Waals surface area (Å²) in [4.78, 5) is 0.0834. The highest BCUT2D eigenvalue weighted by Crippen LogP contribution is 2.29. The van der Waals surface area contributed by atoms with Crippen LogP contribution in [0.3, 0.4) is 0 Å².